The van der Waals surface area contributed by atoms with Crippen molar-refractivity contribution in [1.29, 1.82) is 0 Å². The Balaban J connectivity index is 2.45. The molecular weight excluding hydrogens is 315 g/mol. The lowest BCUT2D eigenvalue weighted by Gasteiger charge is -2.02. The highest BCUT2D eigenvalue weighted by molar-refractivity contribution is 14.1. The second-order valence-corrected chi connectivity index (χ2v) is 4.85. The first-order valence-electron chi connectivity index (χ1n) is 3.73. The van der Waals surface area contributed by atoms with Gasteiger partial charge in [0.2, 0.25) is 0 Å². The standard InChI is InChI=1S/C9H8BrI/c10-8-3-1-2-7(9(8)11)6-4-5-6/h1-3,6H,4-5H2. The lowest BCUT2D eigenvalue weighted by molar-refractivity contribution is 1.11. The normalized spacial score (nSPS) is 16.9. The van der Waals surface area contributed by atoms with Crippen molar-refractivity contribution in [3.63, 3.8) is 0 Å². The Morgan fingerprint density at radius 2 is 2.09 bits per heavy atom. The minimum atomic E-state index is 0.861. The molecule has 0 heterocycles. The summed E-state index contributed by atoms with van der Waals surface area (Å²) in [6.45, 7) is 0. The summed E-state index contributed by atoms with van der Waals surface area (Å²) in [5, 5.41) is 0. The fourth-order valence-electron chi connectivity index (χ4n) is 1.23. The average Bonchev–Trinajstić information content (AvgIpc) is 2.77. The molecular formula is C9H8BrI. The van der Waals surface area contributed by atoms with E-state index in [0.29, 0.717) is 0 Å². The van der Waals surface area contributed by atoms with Gasteiger partial charge in [0.25, 0.3) is 0 Å². The maximum atomic E-state index is 3.53. The van der Waals surface area contributed by atoms with E-state index in [1.54, 1.807) is 0 Å². The zero-order chi connectivity index (χ0) is 7.84. The molecule has 1 aromatic carbocycles. The molecule has 0 unspecified atom stereocenters. The number of benzene rings is 1. The van der Waals surface area contributed by atoms with Crippen LogP contribution in [0.1, 0.15) is 24.3 Å². The van der Waals surface area contributed by atoms with Crippen molar-refractivity contribution in [1.82, 2.24) is 0 Å². The smallest absolute Gasteiger partial charge is 0.0311 e. The Labute approximate surface area is 88.6 Å². The molecule has 0 amide bonds. The van der Waals surface area contributed by atoms with Crippen LogP contribution in [-0.2, 0) is 0 Å². The number of rotatable bonds is 1. The summed E-state index contributed by atoms with van der Waals surface area (Å²) < 4.78 is 2.63. The Bertz CT molecular complexity index is 279. The second kappa shape index (κ2) is 3.05. The van der Waals surface area contributed by atoms with Crippen molar-refractivity contribution in [2.75, 3.05) is 0 Å². The maximum Gasteiger partial charge on any atom is 0.0311 e. The van der Waals surface area contributed by atoms with Gasteiger partial charge in [0, 0.05) is 8.04 Å². The van der Waals surface area contributed by atoms with Gasteiger partial charge in [-0.15, -0.1) is 0 Å². The van der Waals surface area contributed by atoms with E-state index in [1.807, 2.05) is 0 Å². The highest BCUT2D eigenvalue weighted by Gasteiger charge is 2.25. The lowest BCUT2D eigenvalue weighted by Crippen LogP contribution is -1.85. The van der Waals surface area contributed by atoms with Gasteiger partial charge in [-0.25, -0.2) is 0 Å². The molecule has 2 heteroatoms. The summed E-state index contributed by atoms with van der Waals surface area (Å²) in [6, 6.07) is 6.47. The maximum absolute atomic E-state index is 3.53. The van der Waals surface area contributed by atoms with Crippen LogP contribution in [0.2, 0.25) is 0 Å². The molecule has 1 saturated carbocycles. The van der Waals surface area contributed by atoms with Gasteiger partial charge < -0.3 is 0 Å². The monoisotopic (exact) mass is 322 g/mol. The van der Waals surface area contributed by atoms with E-state index < -0.39 is 0 Å². The van der Waals surface area contributed by atoms with Crippen molar-refractivity contribution < 1.29 is 0 Å². The average molecular weight is 323 g/mol. The Morgan fingerprint density at radius 1 is 1.36 bits per heavy atom. The van der Waals surface area contributed by atoms with Gasteiger partial charge in [0.05, 0.1) is 0 Å². The van der Waals surface area contributed by atoms with Crippen molar-refractivity contribution in [2.45, 2.75) is 18.8 Å². The molecule has 1 aliphatic rings. The molecule has 0 radical (unpaired) electrons. The number of hydrogen-bond acceptors (Lipinski definition) is 0. The zero-order valence-electron chi connectivity index (χ0n) is 5.98. The van der Waals surface area contributed by atoms with Crippen LogP contribution in [0.25, 0.3) is 0 Å². The molecule has 0 atom stereocenters. The summed E-state index contributed by atoms with van der Waals surface area (Å²) in [5.41, 5.74) is 1.53. The molecule has 0 N–H and O–H groups in total. The van der Waals surface area contributed by atoms with E-state index in [9.17, 15) is 0 Å². The van der Waals surface area contributed by atoms with Gasteiger partial charge in [-0.2, -0.15) is 0 Å². The summed E-state index contributed by atoms with van der Waals surface area (Å²) in [4.78, 5) is 0. The van der Waals surface area contributed by atoms with Crippen molar-refractivity contribution in [3.05, 3.63) is 31.8 Å². The zero-order valence-corrected chi connectivity index (χ0v) is 9.72. The molecule has 0 spiro atoms. The molecule has 58 valence electrons. The molecule has 1 fully saturated rings. The van der Waals surface area contributed by atoms with Crippen LogP contribution in [-0.4, -0.2) is 0 Å². The van der Waals surface area contributed by atoms with Gasteiger partial charge in [-0.3, -0.25) is 0 Å². The van der Waals surface area contributed by atoms with Crippen LogP contribution in [0.4, 0.5) is 0 Å². The summed E-state index contributed by atoms with van der Waals surface area (Å²) in [5.74, 6) is 0.861. The predicted octanol–water partition coefficient (Wildman–Crippen LogP) is 3.93. The van der Waals surface area contributed by atoms with Crippen LogP contribution >= 0.6 is 38.5 Å². The van der Waals surface area contributed by atoms with E-state index in [2.05, 4.69) is 56.7 Å². The van der Waals surface area contributed by atoms with Crippen LogP contribution in [0.5, 0.6) is 0 Å². The summed E-state index contributed by atoms with van der Waals surface area (Å²) in [7, 11) is 0. The van der Waals surface area contributed by atoms with Crippen molar-refractivity contribution >= 4 is 38.5 Å². The fraction of sp³-hybridized carbons (Fsp3) is 0.333. The molecule has 2 rings (SSSR count). The first-order valence-corrected chi connectivity index (χ1v) is 5.60. The Morgan fingerprint density at radius 3 is 2.73 bits per heavy atom. The summed E-state index contributed by atoms with van der Waals surface area (Å²) >= 11 is 5.95. The third-order valence-corrected chi connectivity index (χ3v) is 4.60. The van der Waals surface area contributed by atoms with Crippen LogP contribution in [0.3, 0.4) is 0 Å². The molecule has 0 nitrogen and oxygen atoms in total. The van der Waals surface area contributed by atoms with E-state index in [0.717, 1.165) is 5.92 Å². The molecule has 0 saturated heterocycles. The molecule has 0 bridgehead atoms. The molecule has 1 aliphatic carbocycles. The van der Waals surface area contributed by atoms with Crippen LogP contribution in [0, 0.1) is 3.57 Å². The molecule has 11 heavy (non-hydrogen) atoms. The number of halogens is 2. The topological polar surface area (TPSA) is 0 Å². The van der Waals surface area contributed by atoms with Crippen LogP contribution < -0.4 is 0 Å². The van der Waals surface area contributed by atoms with Gasteiger partial charge in [-0.1, -0.05) is 12.1 Å². The number of hydrogen-bond donors (Lipinski definition) is 0. The summed E-state index contributed by atoms with van der Waals surface area (Å²) in [6.07, 6.45) is 2.76. The predicted molar refractivity (Wildman–Crippen MR) is 58.8 cm³/mol. The van der Waals surface area contributed by atoms with E-state index in [4.69, 9.17) is 0 Å². The largest absolute Gasteiger partial charge is 0.0608 e. The van der Waals surface area contributed by atoms with Gasteiger partial charge >= 0.3 is 0 Å². The first kappa shape index (κ1) is 8.05. The SMILES string of the molecule is Brc1cccc(C2CC2)c1I. The van der Waals surface area contributed by atoms with Crippen LogP contribution in [0.15, 0.2) is 22.7 Å². The highest BCUT2D eigenvalue weighted by atomic mass is 127. The molecule has 1 aromatic rings. The highest BCUT2D eigenvalue weighted by Crippen LogP contribution is 2.43. The fourth-order valence-corrected chi connectivity index (χ4v) is 2.41. The first-order chi connectivity index (χ1) is 5.29. The minimum Gasteiger partial charge on any atom is -0.0608 e. The minimum absolute atomic E-state index is 0.861. The molecule has 0 aromatic heterocycles. The van der Waals surface area contributed by atoms with Crippen molar-refractivity contribution in [2.24, 2.45) is 0 Å². The van der Waals surface area contributed by atoms with Gasteiger partial charge in [0.15, 0.2) is 0 Å². The third-order valence-electron chi connectivity index (χ3n) is 2.00. The van der Waals surface area contributed by atoms with E-state index in [1.165, 1.54) is 26.4 Å². The lowest BCUT2D eigenvalue weighted by atomic mass is 10.1. The van der Waals surface area contributed by atoms with E-state index in [-0.39, 0.29) is 0 Å². The van der Waals surface area contributed by atoms with Gasteiger partial charge in [0.1, 0.15) is 0 Å². The third kappa shape index (κ3) is 1.61. The molecule has 0 aliphatic heterocycles. The van der Waals surface area contributed by atoms with Gasteiger partial charge in [-0.05, 0) is 68.9 Å². The van der Waals surface area contributed by atoms with E-state index >= 15 is 0 Å². The Hall–Kier alpha value is 0.430. The Kier molecular flexibility index (Phi) is 2.23. The van der Waals surface area contributed by atoms with Crippen molar-refractivity contribution in [3.8, 4) is 0 Å². The quantitative estimate of drug-likeness (QED) is 0.687. The second-order valence-electron chi connectivity index (χ2n) is 2.92.